The second-order valence-electron chi connectivity index (χ2n) is 7.71. The first-order valence-electron chi connectivity index (χ1n) is 10.1. The largest absolute Gasteiger partial charge is 0.495 e. The Morgan fingerprint density at radius 1 is 1.21 bits per heavy atom. The van der Waals surface area contributed by atoms with Crippen LogP contribution in [0.15, 0.2) is 24.5 Å². The lowest BCUT2D eigenvalue weighted by Crippen LogP contribution is -2.46. The molecule has 0 radical (unpaired) electrons. The number of ether oxygens (including phenoxy) is 2. The first-order chi connectivity index (χ1) is 14.1. The molecule has 0 unspecified atom stereocenters. The van der Waals surface area contributed by atoms with E-state index in [9.17, 15) is 4.79 Å². The number of nitrogen functional groups attached to an aromatic ring is 1. The molecule has 1 aromatic carbocycles. The highest BCUT2D eigenvalue weighted by molar-refractivity contribution is 5.84. The number of aryl methyl sites for hydroxylation is 1. The van der Waals surface area contributed by atoms with Crippen LogP contribution in [0.2, 0.25) is 0 Å². The molecular formula is C21H29N5O3. The van der Waals surface area contributed by atoms with Crippen molar-refractivity contribution in [2.45, 2.75) is 12.8 Å². The van der Waals surface area contributed by atoms with Gasteiger partial charge in [0.2, 0.25) is 5.91 Å². The number of methoxy groups -OCH3 is 1. The minimum absolute atomic E-state index is 0.0851. The van der Waals surface area contributed by atoms with Crippen LogP contribution >= 0.6 is 0 Å². The molecule has 2 aliphatic heterocycles. The van der Waals surface area contributed by atoms with Gasteiger partial charge < -0.3 is 25.0 Å². The first kappa shape index (κ1) is 19.6. The summed E-state index contributed by atoms with van der Waals surface area (Å²) in [5.74, 6) is 1.02. The highest BCUT2D eigenvalue weighted by Gasteiger charge is 2.30. The van der Waals surface area contributed by atoms with Crippen molar-refractivity contribution in [2.75, 3.05) is 57.1 Å². The maximum atomic E-state index is 12.8. The van der Waals surface area contributed by atoms with Crippen LogP contribution in [0.4, 0.5) is 11.4 Å². The van der Waals surface area contributed by atoms with Crippen molar-refractivity contribution in [2.24, 2.45) is 13.0 Å². The third-order valence-corrected chi connectivity index (χ3v) is 5.87. The minimum atomic E-state index is 0.0851. The molecule has 8 heteroatoms. The summed E-state index contributed by atoms with van der Waals surface area (Å²) in [4.78, 5) is 17.1. The van der Waals surface area contributed by atoms with Gasteiger partial charge in [-0.25, -0.2) is 0 Å². The fourth-order valence-corrected chi connectivity index (χ4v) is 4.23. The number of amides is 1. The first-order valence-corrected chi connectivity index (χ1v) is 10.1. The smallest absolute Gasteiger partial charge is 0.225 e. The van der Waals surface area contributed by atoms with Crippen LogP contribution in [0, 0.1) is 5.92 Å². The second-order valence-corrected chi connectivity index (χ2v) is 7.71. The zero-order chi connectivity index (χ0) is 20.4. The van der Waals surface area contributed by atoms with Crippen molar-refractivity contribution >= 4 is 17.3 Å². The fraction of sp³-hybridized carbons (Fsp3) is 0.524. The highest BCUT2D eigenvalue weighted by Crippen LogP contribution is 2.39. The van der Waals surface area contributed by atoms with E-state index in [-0.39, 0.29) is 11.8 Å². The highest BCUT2D eigenvalue weighted by atomic mass is 16.5. The molecule has 0 spiro atoms. The topological polar surface area (TPSA) is 85.9 Å². The van der Waals surface area contributed by atoms with Crippen molar-refractivity contribution in [3.05, 3.63) is 24.5 Å². The lowest BCUT2D eigenvalue weighted by atomic mass is 9.93. The molecule has 1 amide bonds. The zero-order valence-corrected chi connectivity index (χ0v) is 17.1. The molecule has 8 nitrogen and oxygen atoms in total. The van der Waals surface area contributed by atoms with E-state index in [4.69, 9.17) is 15.2 Å². The van der Waals surface area contributed by atoms with Gasteiger partial charge in [0.15, 0.2) is 0 Å². The Hall–Kier alpha value is -2.74. The van der Waals surface area contributed by atoms with Crippen molar-refractivity contribution in [3.8, 4) is 16.9 Å². The van der Waals surface area contributed by atoms with Crippen molar-refractivity contribution in [1.29, 1.82) is 0 Å². The fourth-order valence-electron chi connectivity index (χ4n) is 4.23. The number of carbonyl (C=O) groups excluding carboxylic acids is 1. The van der Waals surface area contributed by atoms with Gasteiger partial charge in [0.25, 0.3) is 0 Å². The number of piperidine rings is 1. The Morgan fingerprint density at radius 3 is 2.55 bits per heavy atom. The number of nitrogens with two attached hydrogens (primary N) is 1. The molecule has 29 heavy (non-hydrogen) atoms. The van der Waals surface area contributed by atoms with E-state index in [1.807, 2.05) is 36.5 Å². The molecule has 1 aromatic heterocycles. The summed E-state index contributed by atoms with van der Waals surface area (Å²) in [6.07, 6.45) is 5.52. The second kappa shape index (κ2) is 8.32. The van der Waals surface area contributed by atoms with Crippen molar-refractivity contribution in [3.63, 3.8) is 0 Å². The van der Waals surface area contributed by atoms with Gasteiger partial charge >= 0.3 is 0 Å². The summed E-state index contributed by atoms with van der Waals surface area (Å²) in [7, 11) is 3.53. The number of hydrogen-bond acceptors (Lipinski definition) is 6. The van der Waals surface area contributed by atoms with Crippen LogP contribution in [0.3, 0.4) is 0 Å². The summed E-state index contributed by atoms with van der Waals surface area (Å²) >= 11 is 0. The number of morpholine rings is 1. The molecule has 0 saturated carbocycles. The normalized spacial score (nSPS) is 18.1. The number of hydrogen-bond donors (Lipinski definition) is 1. The Labute approximate surface area is 171 Å². The standard InChI is InChI=1S/C21H29N5O3/c1-24-14-16(13-23-24)17-11-18(22)20(28-2)12-19(17)25-5-3-15(4-6-25)21(27)26-7-9-29-10-8-26/h11-15H,3-10,22H2,1-2H3. The summed E-state index contributed by atoms with van der Waals surface area (Å²) in [6.45, 7) is 4.34. The maximum absolute atomic E-state index is 12.8. The van der Waals surface area contributed by atoms with Gasteiger partial charge in [-0.2, -0.15) is 5.10 Å². The van der Waals surface area contributed by atoms with Crippen LogP contribution in [0.25, 0.3) is 11.1 Å². The molecule has 0 aliphatic carbocycles. The van der Waals surface area contributed by atoms with Gasteiger partial charge in [-0.15, -0.1) is 0 Å². The van der Waals surface area contributed by atoms with Crippen LogP contribution < -0.4 is 15.4 Å². The predicted molar refractivity (Wildman–Crippen MR) is 112 cm³/mol. The number of rotatable bonds is 4. The molecule has 2 fully saturated rings. The number of nitrogens with zero attached hydrogens (tertiary/aromatic N) is 4. The molecule has 2 aliphatic rings. The molecule has 4 rings (SSSR count). The predicted octanol–water partition coefficient (Wildman–Crippen LogP) is 1.75. The Kier molecular flexibility index (Phi) is 5.62. The van der Waals surface area contributed by atoms with Gasteiger partial charge in [0.05, 0.1) is 32.2 Å². The summed E-state index contributed by atoms with van der Waals surface area (Å²) in [5, 5.41) is 4.30. The Bertz CT molecular complexity index is 867. The molecule has 3 heterocycles. The molecule has 0 atom stereocenters. The van der Waals surface area contributed by atoms with E-state index in [0.717, 1.165) is 42.7 Å². The monoisotopic (exact) mass is 399 g/mol. The van der Waals surface area contributed by atoms with E-state index in [1.54, 1.807) is 11.8 Å². The molecular weight excluding hydrogens is 370 g/mol. The lowest BCUT2D eigenvalue weighted by molar-refractivity contribution is -0.140. The average Bonchev–Trinajstić information content (AvgIpc) is 3.20. The molecule has 2 N–H and O–H groups in total. The van der Waals surface area contributed by atoms with E-state index in [0.29, 0.717) is 37.7 Å². The Morgan fingerprint density at radius 2 is 1.93 bits per heavy atom. The number of carbonyl (C=O) groups is 1. The van der Waals surface area contributed by atoms with Gasteiger partial charge in [0.1, 0.15) is 5.75 Å². The summed E-state index contributed by atoms with van der Waals surface area (Å²) < 4.78 is 12.6. The van der Waals surface area contributed by atoms with Gasteiger partial charge in [-0.3, -0.25) is 9.48 Å². The van der Waals surface area contributed by atoms with Crippen LogP contribution in [0.1, 0.15) is 12.8 Å². The summed E-state index contributed by atoms with van der Waals surface area (Å²) in [6, 6.07) is 3.96. The third-order valence-electron chi connectivity index (χ3n) is 5.87. The van der Waals surface area contributed by atoms with Gasteiger partial charge in [0, 0.05) is 68.2 Å². The van der Waals surface area contributed by atoms with E-state index >= 15 is 0 Å². The van der Waals surface area contributed by atoms with Crippen molar-refractivity contribution in [1.82, 2.24) is 14.7 Å². The van der Waals surface area contributed by atoms with E-state index in [1.165, 1.54) is 0 Å². The van der Waals surface area contributed by atoms with E-state index in [2.05, 4.69) is 10.00 Å². The SMILES string of the molecule is COc1cc(N2CCC(C(=O)N3CCOCC3)CC2)c(-c2cnn(C)c2)cc1N. The third kappa shape index (κ3) is 4.03. The molecule has 2 aromatic rings. The quantitative estimate of drug-likeness (QED) is 0.789. The van der Waals surface area contributed by atoms with Crippen molar-refractivity contribution < 1.29 is 14.3 Å². The average molecular weight is 399 g/mol. The minimum Gasteiger partial charge on any atom is -0.495 e. The van der Waals surface area contributed by atoms with E-state index < -0.39 is 0 Å². The van der Waals surface area contributed by atoms with Crippen LogP contribution in [-0.4, -0.2) is 67.1 Å². The molecule has 156 valence electrons. The van der Waals surface area contributed by atoms with Crippen LogP contribution in [-0.2, 0) is 16.6 Å². The number of anilines is 2. The van der Waals surface area contributed by atoms with Gasteiger partial charge in [-0.05, 0) is 18.9 Å². The maximum Gasteiger partial charge on any atom is 0.225 e. The number of aromatic nitrogens is 2. The molecule has 0 bridgehead atoms. The number of benzene rings is 1. The Balaban J connectivity index is 1.53. The van der Waals surface area contributed by atoms with Gasteiger partial charge in [-0.1, -0.05) is 0 Å². The zero-order valence-electron chi connectivity index (χ0n) is 17.1. The molecule has 2 saturated heterocycles. The lowest BCUT2D eigenvalue weighted by Gasteiger charge is -2.37. The summed E-state index contributed by atoms with van der Waals surface area (Å²) in [5.41, 5.74) is 9.92. The van der Waals surface area contributed by atoms with Crippen LogP contribution in [0.5, 0.6) is 5.75 Å².